The first-order chi connectivity index (χ1) is 29.9. The van der Waals surface area contributed by atoms with Gasteiger partial charge >= 0.3 is 17.9 Å². The van der Waals surface area contributed by atoms with Crippen molar-refractivity contribution in [2.24, 2.45) is 5.92 Å². The molecule has 0 bridgehead atoms. The highest BCUT2D eigenvalue weighted by molar-refractivity contribution is 5.71. The summed E-state index contributed by atoms with van der Waals surface area (Å²) in [4.78, 5) is 38.0. The Hall–Kier alpha value is -1.59. The van der Waals surface area contributed by atoms with Gasteiger partial charge in [-0.3, -0.25) is 14.4 Å². The second-order valence-electron chi connectivity index (χ2n) is 19.3. The largest absolute Gasteiger partial charge is 0.462 e. The third kappa shape index (κ3) is 49.3. The van der Waals surface area contributed by atoms with E-state index < -0.39 is 6.10 Å². The minimum absolute atomic E-state index is 0.0625. The summed E-state index contributed by atoms with van der Waals surface area (Å²) >= 11 is 0. The third-order valence-electron chi connectivity index (χ3n) is 12.5. The van der Waals surface area contributed by atoms with Gasteiger partial charge < -0.3 is 14.2 Å². The van der Waals surface area contributed by atoms with Gasteiger partial charge in [-0.05, 0) is 25.2 Å². The molecule has 0 aromatic rings. The van der Waals surface area contributed by atoms with E-state index >= 15 is 0 Å². The van der Waals surface area contributed by atoms with Gasteiger partial charge in [0.15, 0.2) is 6.10 Å². The summed E-state index contributed by atoms with van der Waals surface area (Å²) in [5, 5.41) is 0. The lowest BCUT2D eigenvalue weighted by Crippen LogP contribution is -2.30. The normalized spacial score (nSPS) is 12.0. The maximum atomic E-state index is 12.8. The Balaban J connectivity index is 4.27. The molecule has 0 aromatic heterocycles. The zero-order valence-corrected chi connectivity index (χ0v) is 41.6. The van der Waals surface area contributed by atoms with E-state index in [-0.39, 0.29) is 31.1 Å². The molecule has 6 heteroatoms. The Bertz CT molecular complexity index is 918. The van der Waals surface area contributed by atoms with Gasteiger partial charge in [-0.1, -0.05) is 272 Å². The fourth-order valence-corrected chi connectivity index (χ4v) is 8.39. The summed E-state index contributed by atoms with van der Waals surface area (Å²) in [5.74, 6) is -0.0252. The zero-order valence-electron chi connectivity index (χ0n) is 41.6. The first-order valence-corrected chi connectivity index (χ1v) is 27.4. The van der Waals surface area contributed by atoms with Crippen molar-refractivity contribution in [2.75, 3.05) is 13.2 Å². The number of unbranched alkanes of at least 4 members (excludes halogenated alkanes) is 37. The minimum atomic E-state index is -0.761. The maximum absolute atomic E-state index is 12.8. The van der Waals surface area contributed by atoms with Crippen LogP contribution in [0.4, 0.5) is 0 Å². The second-order valence-corrected chi connectivity index (χ2v) is 19.3. The van der Waals surface area contributed by atoms with Crippen molar-refractivity contribution < 1.29 is 28.6 Å². The van der Waals surface area contributed by atoms with Crippen molar-refractivity contribution in [3.63, 3.8) is 0 Å². The molecule has 0 rings (SSSR count). The van der Waals surface area contributed by atoms with Crippen LogP contribution in [0.2, 0.25) is 0 Å². The van der Waals surface area contributed by atoms with Crippen LogP contribution in [0.15, 0.2) is 0 Å². The van der Waals surface area contributed by atoms with Gasteiger partial charge in [-0.15, -0.1) is 0 Å². The van der Waals surface area contributed by atoms with Gasteiger partial charge in [0.25, 0.3) is 0 Å². The molecule has 0 saturated heterocycles. The minimum Gasteiger partial charge on any atom is -0.462 e. The first kappa shape index (κ1) is 59.4. The quantitative estimate of drug-likeness (QED) is 0.0344. The highest BCUT2D eigenvalue weighted by Crippen LogP contribution is 2.17. The molecule has 0 aliphatic heterocycles. The van der Waals surface area contributed by atoms with Crippen molar-refractivity contribution >= 4 is 17.9 Å². The summed E-state index contributed by atoms with van der Waals surface area (Å²) in [6, 6.07) is 0. The molecule has 0 aliphatic carbocycles. The predicted molar refractivity (Wildman–Crippen MR) is 261 cm³/mol. The second kappa shape index (κ2) is 49.4. The fraction of sp³-hybridized carbons (Fsp3) is 0.945. The van der Waals surface area contributed by atoms with Gasteiger partial charge in [-0.25, -0.2) is 0 Å². The van der Waals surface area contributed by atoms with Crippen LogP contribution in [0.3, 0.4) is 0 Å². The average molecular weight is 863 g/mol. The molecule has 6 nitrogen and oxygen atoms in total. The summed E-state index contributed by atoms with van der Waals surface area (Å²) in [5.41, 5.74) is 0. The Morgan fingerprint density at radius 3 is 0.803 bits per heavy atom. The van der Waals surface area contributed by atoms with E-state index in [1.54, 1.807) is 0 Å². The third-order valence-corrected chi connectivity index (χ3v) is 12.5. The lowest BCUT2D eigenvalue weighted by atomic mass is 10.0. The van der Waals surface area contributed by atoms with Crippen molar-refractivity contribution in [1.29, 1.82) is 0 Å². The van der Waals surface area contributed by atoms with Gasteiger partial charge in [0.05, 0.1) is 0 Å². The van der Waals surface area contributed by atoms with Crippen LogP contribution in [0.25, 0.3) is 0 Å². The summed E-state index contributed by atoms with van der Waals surface area (Å²) < 4.78 is 16.8. The predicted octanol–water partition coefficient (Wildman–Crippen LogP) is 17.8. The van der Waals surface area contributed by atoms with Crippen molar-refractivity contribution in [3.05, 3.63) is 0 Å². The van der Waals surface area contributed by atoms with Crippen molar-refractivity contribution in [1.82, 2.24) is 0 Å². The molecule has 0 amide bonds. The summed E-state index contributed by atoms with van der Waals surface area (Å²) in [6.45, 7) is 9.03. The number of ether oxygens (including phenoxy) is 3. The van der Waals surface area contributed by atoms with E-state index in [1.807, 2.05) is 0 Å². The monoisotopic (exact) mass is 863 g/mol. The van der Waals surface area contributed by atoms with E-state index in [9.17, 15) is 14.4 Å². The first-order valence-electron chi connectivity index (χ1n) is 27.4. The molecule has 61 heavy (non-hydrogen) atoms. The number of hydrogen-bond donors (Lipinski definition) is 0. The van der Waals surface area contributed by atoms with Crippen LogP contribution in [0.5, 0.6) is 0 Å². The molecule has 1 atom stereocenters. The topological polar surface area (TPSA) is 78.9 Å². The molecule has 0 fully saturated rings. The fourth-order valence-electron chi connectivity index (χ4n) is 8.39. The lowest BCUT2D eigenvalue weighted by Gasteiger charge is -2.18. The standard InChI is InChI=1S/C55H106O6/c1-5-7-9-11-13-15-17-19-20-21-22-23-24-26-31-35-39-43-47-54(57)60-50-52(49-59-53(56)46-42-38-34-30-25-18-16-14-12-10-8-6-2)61-55(58)48-44-40-36-32-28-27-29-33-37-41-45-51(3)4/h51-52H,5-50H2,1-4H3/t52-/m0/s1. The van der Waals surface area contributed by atoms with Crippen LogP contribution in [0, 0.1) is 5.92 Å². The molecule has 0 heterocycles. The van der Waals surface area contributed by atoms with E-state index in [0.29, 0.717) is 19.3 Å². The average Bonchev–Trinajstić information content (AvgIpc) is 3.24. The molecule has 0 radical (unpaired) electrons. The van der Waals surface area contributed by atoms with Crippen LogP contribution < -0.4 is 0 Å². The van der Waals surface area contributed by atoms with E-state index in [0.717, 1.165) is 63.7 Å². The van der Waals surface area contributed by atoms with Gasteiger partial charge in [-0.2, -0.15) is 0 Å². The summed E-state index contributed by atoms with van der Waals surface area (Å²) in [6.07, 6.45) is 52.3. The molecule has 0 saturated carbocycles. The SMILES string of the molecule is CCCCCCCCCCCCCCCCCCCCC(=O)OC[C@H](COC(=O)CCCCCCCCCCCCCC)OC(=O)CCCCCCCCCCCCC(C)C. The number of hydrogen-bond acceptors (Lipinski definition) is 6. The Kier molecular flexibility index (Phi) is 48.1. The Morgan fingerprint density at radius 2 is 0.541 bits per heavy atom. The molecule has 0 N–H and O–H groups in total. The van der Waals surface area contributed by atoms with Crippen molar-refractivity contribution in [3.8, 4) is 0 Å². The highest BCUT2D eigenvalue weighted by atomic mass is 16.6. The van der Waals surface area contributed by atoms with E-state index in [1.165, 1.54) is 205 Å². The van der Waals surface area contributed by atoms with Crippen LogP contribution in [-0.2, 0) is 28.6 Å². The van der Waals surface area contributed by atoms with E-state index in [4.69, 9.17) is 14.2 Å². The molecule has 0 aliphatic rings. The zero-order chi connectivity index (χ0) is 44.5. The molecular formula is C55H106O6. The summed E-state index contributed by atoms with van der Waals surface area (Å²) in [7, 11) is 0. The molecular weight excluding hydrogens is 757 g/mol. The number of esters is 3. The smallest absolute Gasteiger partial charge is 0.306 e. The number of rotatable bonds is 50. The highest BCUT2D eigenvalue weighted by Gasteiger charge is 2.19. The van der Waals surface area contributed by atoms with Crippen LogP contribution >= 0.6 is 0 Å². The van der Waals surface area contributed by atoms with Crippen molar-refractivity contribution in [2.45, 2.75) is 316 Å². The molecule has 0 unspecified atom stereocenters. The lowest BCUT2D eigenvalue weighted by molar-refractivity contribution is -0.167. The maximum Gasteiger partial charge on any atom is 0.306 e. The molecule has 0 spiro atoms. The van der Waals surface area contributed by atoms with Gasteiger partial charge in [0, 0.05) is 19.3 Å². The Morgan fingerprint density at radius 1 is 0.311 bits per heavy atom. The molecule has 362 valence electrons. The van der Waals surface area contributed by atoms with Gasteiger partial charge in [0.2, 0.25) is 0 Å². The van der Waals surface area contributed by atoms with Crippen LogP contribution in [-0.4, -0.2) is 37.2 Å². The van der Waals surface area contributed by atoms with E-state index in [2.05, 4.69) is 27.7 Å². The number of carbonyl (C=O) groups excluding carboxylic acids is 3. The Labute approximate surface area is 380 Å². The number of carbonyl (C=O) groups is 3. The molecule has 0 aromatic carbocycles. The van der Waals surface area contributed by atoms with Crippen LogP contribution in [0.1, 0.15) is 310 Å². The van der Waals surface area contributed by atoms with Gasteiger partial charge in [0.1, 0.15) is 13.2 Å².